The fraction of sp³-hybridized carbons (Fsp3) is 0.270. The molecule has 10 aromatic rings. The molecule has 2 aliphatic rings. The molecule has 80 heavy (non-hydrogen) atoms. The van der Waals surface area contributed by atoms with Gasteiger partial charge in [0.2, 0.25) is 0 Å². The molecule has 12 rings (SSSR count). The van der Waals surface area contributed by atoms with Crippen molar-refractivity contribution in [1.82, 2.24) is 9.55 Å². The molecule has 8 aromatic carbocycles. The number of nitrogens with zero attached hydrogens (tertiary/aromatic N) is 4. The summed E-state index contributed by atoms with van der Waals surface area (Å²) in [7, 11) is 0. The number of rotatable bonds is 8. The van der Waals surface area contributed by atoms with Gasteiger partial charge in [-0.25, -0.2) is 4.98 Å². The van der Waals surface area contributed by atoms with Gasteiger partial charge in [0.05, 0.1) is 16.4 Å². The number of hydrogen-bond acceptors (Lipinski definition) is 4. The zero-order valence-corrected chi connectivity index (χ0v) is 50.1. The summed E-state index contributed by atoms with van der Waals surface area (Å²) in [5.74, 6) is 1.08. The monoisotopic (exact) mass is 1240 g/mol. The quantitative estimate of drug-likeness (QED) is 0.142. The third-order valence-corrected chi connectivity index (χ3v) is 15.9. The molecule has 0 fully saturated rings. The van der Waals surface area contributed by atoms with Crippen LogP contribution in [0.4, 0.5) is 22.7 Å². The number of benzene rings is 8. The summed E-state index contributed by atoms with van der Waals surface area (Å²) in [6.45, 7) is 29.4. The van der Waals surface area contributed by atoms with Crippen molar-refractivity contribution in [2.45, 2.75) is 130 Å². The Morgan fingerprint density at radius 3 is 1.90 bits per heavy atom. The smallest absolute Gasteiger partial charge is 0.135 e. The Balaban J connectivity index is 0.00000867. The fourth-order valence-corrected chi connectivity index (χ4v) is 11.1. The van der Waals surface area contributed by atoms with Crippen LogP contribution in [0.15, 0.2) is 176 Å². The van der Waals surface area contributed by atoms with Crippen LogP contribution in [0.2, 0.25) is 0 Å². The number of fused-ring (bicyclic) bond motifs is 5. The predicted octanol–water partition coefficient (Wildman–Crippen LogP) is 20.2. The Labute approximate surface area is 506 Å². The second-order valence-corrected chi connectivity index (χ2v) is 25.6. The maximum Gasteiger partial charge on any atom is 0.135 e. The van der Waals surface area contributed by atoms with E-state index < -0.39 is 41.0 Å². The van der Waals surface area contributed by atoms with Crippen molar-refractivity contribution in [3.05, 3.63) is 222 Å². The SMILES string of the molecule is [2H]c1c([2H])c([2H])c(-c2c([2H])c(-c3cc(C(C)(C)C)cc(-c4ccc5c(c4)C(C)(C)CCC5(C)C)c3N3[CH-]N(c4[c-]c(Oc5[c-]c6c(cc5)c5c([2H])c([2H])c([2H])c([2H])c5n6-c5cc(C(C)(C)C)ccn5)ccc4)c4ccccc43)c([2H])c(C(C)(C)C)c2[2H])c([2H])c1[2H].[Pt]. The van der Waals surface area contributed by atoms with Crippen molar-refractivity contribution >= 4 is 44.6 Å². The first-order valence-corrected chi connectivity index (χ1v) is 27.3. The number of ether oxygens (including phenoxy) is 1. The van der Waals surface area contributed by atoms with Gasteiger partial charge < -0.3 is 19.1 Å². The van der Waals surface area contributed by atoms with E-state index in [1.807, 2.05) is 86.9 Å². The number of para-hydroxylation sites is 3. The van der Waals surface area contributed by atoms with Crippen molar-refractivity contribution < 1.29 is 42.3 Å². The van der Waals surface area contributed by atoms with Crippen LogP contribution in [-0.4, -0.2) is 9.55 Å². The minimum atomic E-state index is -0.904. The minimum Gasteiger partial charge on any atom is -0.509 e. The third kappa shape index (κ3) is 9.99. The maximum atomic E-state index is 10.4. The van der Waals surface area contributed by atoms with Gasteiger partial charge in [-0.15, -0.1) is 48.1 Å². The van der Waals surface area contributed by atoms with Crippen LogP contribution >= 0.6 is 0 Å². The second kappa shape index (κ2) is 20.1. The molecule has 0 amide bonds. The Morgan fingerprint density at radius 2 is 1.19 bits per heavy atom. The van der Waals surface area contributed by atoms with Gasteiger partial charge in [0.1, 0.15) is 5.82 Å². The first kappa shape index (κ1) is 41.8. The van der Waals surface area contributed by atoms with E-state index in [4.69, 9.17) is 19.3 Å². The average Bonchev–Trinajstić information content (AvgIpc) is 0.850. The topological polar surface area (TPSA) is 33.5 Å². The van der Waals surface area contributed by atoms with E-state index in [9.17, 15) is 6.85 Å². The molecule has 0 saturated carbocycles. The summed E-state index contributed by atoms with van der Waals surface area (Å²) in [6.07, 6.45) is 3.69. The summed E-state index contributed by atoms with van der Waals surface area (Å²) >= 11 is 0. The predicted molar refractivity (Wildman–Crippen MR) is 332 cm³/mol. The van der Waals surface area contributed by atoms with Crippen LogP contribution in [0.1, 0.15) is 147 Å². The van der Waals surface area contributed by atoms with Crippen LogP contribution in [0, 0.1) is 18.8 Å². The first-order chi connectivity index (χ1) is 42.5. The first-order valence-electron chi connectivity index (χ1n) is 33.3. The van der Waals surface area contributed by atoms with Crippen LogP contribution in [0.3, 0.4) is 0 Å². The van der Waals surface area contributed by atoms with E-state index >= 15 is 0 Å². The van der Waals surface area contributed by atoms with Crippen LogP contribution in [-0.2, 0) is 48.1 Å². The van der Waals surface area contributed by atoms with Gasteiger partial charge in [-0.1, -0.05) is 186 Å². The van der Waals surface area contributed by atoms with Crippen molar-refractivity contribution in [3.63, 3.8) is 0 Å². The molecule has 1 aliphatic heterocycles. The second-order valence-electron chi connectivity index (χ2n) is 25.6. The van der Waals surface area contributed by atoms with Gasteiger partial charge in [-0.3, -0.25) is 0 Å². The molecular formula is C74H73N4OPt-3. The van der Waals surface area contributed by atoms with Gasteiger partial charge in [-0.05, 0) is 144 Å². The van der Waals surface area contributed by atoms with E-state index in [-0.39, 0.29) is 113 Å². The average molecular weight is 1240 g/mol. The van der Waals surface area contributed by atoms with E-state index in [1.54, 1.807) is 29.0 Å². The Kier molecular flexibility index (Phi) is 10.5. The summed E-state index contributed by atoms with van der Waals surface area (Å²) in [5, 5.41) is 0.878. The molecule has 5 nitrogen and oxygen atoms in total. The number of anilines is 4. The summed E-state index contributed by atoms with van der Waals surface area (Å²) in [6, 6.07) is 34.2. The summed E-state index contributed by atoms with van der Waals surface area (Å²) in [5.41, 5.74) is 7.95. The van der Waals surface area contributed by atoms with E-state index in [2.05, 4.69) is 111 Å². The van der Waals surface area contributed by atoms with Gasteiger partial charge in [0.15, 0.2) is 0 Å². The largest absolute Gasteiger partial charge is 0.509 e. The molecule has 0 radical (unpaired) electrons. The third-order valence-electron chi connectivity index (χ3n) is 15.9. The Bertz CT molecular complexity index is 4700. The number of aromatic nitrogens is 2. The van der Waals surface area contributed by atoms with Gasteiger partial charge >= 0.3 is 0 Å². The molecule has 0 saturated heterocycles. The van der Waals surface area contributed by atoms with E-state index in [0.717, 1.165) is 46.5 Å². The van der Waals surface area contributed by atoms with Gasteiger partial charge in [0, 0.05) is 72.5 Å². The summed E-state index contributed by atoms with van der Waals surface area (Å²) < 4.78 is 119. The number of hydrogen-bond donors (Lipinski definition) is 0. The standard InChI is InChI=1S/C74H73N4O.Pt/c1-70(2,3)52-34-37-75-68(44-52)78-64-27-18-17-26-58(64)59-32-31-57(46-67(59)78)79-56-25-21-24-55(45-56)76-47-77(66-29-20-19-28-65(66)76)69-60(49-30-33-62-63(41-49)74(12,13)36-35-73(62,10)11)42-54(72(7,8)9)43-61(69)51-38-50(48-22-15-14-16-23-48)39-53(40-51)71(4,5)6;/h14-34,37-44,47H,35-36H2,1-13H3;/q-3;/i14D,15D,16D,17D,18D,22D,23D,26D,27D,38D,39D,40D;. The molecule has 2 aromatic heterocycles. The fourth-order valence-electron chi connectivity index (χ4n) is 11.1. The summed E-state index contributed by atoms with van der Waals surface area (Å²) in [4.78, 5) is 8.83. The van der Waals surface area contributed by atoms with E-state index in [1.165, 1.54) is 11.1 Å². The molecule has 0 spiro atoms. The van der Waals surface area contributed by atoms with Crippen molar-refractivity contribution in [1.29, 1.82) is 0 Å². The molecule has 6 heteroatoms. The molecule has 0 unspecified atom stereocenters. The van der Waals surface area contributed by atoms with Gasteiger partial charge in [-0.2, -0.15) is 12.1 Å². The van der Waals surface area contributed by atoms with Crippen molar-refractivity contribution in [2.24, 2.45) is 0 Å². The van der Waals surface area contributed by atoms with Crippen molar-refractivity contribution in [2.75, 3.05) is 9.80 Å². The zero-order chi connectivity index (χ0) is 65.8. The molecule has 0 N–H and O–H groups in total. The molecular weight excluding hydrogens is 1160 g/mol. The van der Waals surface area contributed by atoms with Gasteiger partial charge in [0.25, 0.3) is 0 Å². The van der Waals surface area contributed by atoms with Crippen LogP contribution in [0.5, 0.6) is 11.5 Å². The van der Waals surface area contributed by atoms with E-state index in [0.29, 0.717) is 44.8 Å². The molecule has 1 aliphatic carbocycles. The molecule has 408 valence electrons. The van der Waals surface area contributed by atoms with Crippen LogP contribution < -0.4 is 14.5 Å². The Morgan fingerprint density at radius 1 is 0.550 bits per heavy atom. The zero-order valence-electron chi connectivity index (χ0n) is 59.8. The Hall–Kier alpha value is -7.20. The van der Waals surface area contributed by atoms with Crippen LogP contribution in [0.25, 0.3) is 61.0 Å². The molecule has 3 heterocycles. The molecule has 0 bridgehead atoms. The normalized spacial score (nSPS) is 17.1. The minimum absolute atomic E-state index is 0. The number of pyridine rings is 1. The van der Waals surface area contributed by atoms with Crippen molar-refractivity contribution in [3.8, 4) is 50.7 Å². The maximum absolute atomic E-state index is 10.4. The molecule has 0 atom stereocenters.